The molecule has 0 radical (unpaired) electrons. The maximum atomic E-state index is 4.28. The van der Waals surface area contributed by atoms with Crippen molar-refractivity contribution in [3.05, 3.63) is 47.0 Å². The Morgan fingerprint density at radius 2 is 2.12 bits per heavy atom. The lowest BCUT2D eigenvalue weighted by molar-refractivity contribution is 0.615. The number of nitrogens with one attached hydrogen (secondary N) is 1. The number of nitrogens with zero attached hydrogens (tertiary/aromatic N) is 2. The second-order valence-electron chi connectivity index (χ2n) is 4.31. The maximum Gasteiger partial charge on any atom is 0.0994 e. The average Bonchev–Trinajstić information content (AvgIpc) is 3.00. The van der Waals surface area contributed by atoms with Gasteiger partial charge in [-0.25, -0.2) is 4.98 Å². The van der Waals surface area contributed by atoms with Crippen molar-refractivity contribution in [1.29, 1.82) is 0 Å². The lowest BCUT2D eigenvalue weighted by Gasteiger charge is -2.13. The predicted octanol–water partition coefficient (Wildman–Crippen LogP) is 3.06. The van der Waals surface area contributed by atoms with Crippen molar-refractivity contribution in [3.63, 3.8) is 0 Å². The monoisotopic (exact) mass is 291 g/mol. The molecule has 17 heavy (non-hydrogen) atoms. The first-order valence-electron chi connectivity index (χ1n) is 5.86. The molecule has 3 nitrogen and oxygen atoms in total. The van der Waals surface area contributed by atoms with E-state index in [0.29, 0.717) is 6.04 Å². The number of halogens is 1. The van der Waals surface area contributed by atoms with Gasteiger partial charge in [-0.3, -0.25) is 0 Å². The van der Waals surface area contributed by atoms with E-state index in [2.05, 4.69) is 55.1 Å². The highest BCUT2D eigenvalue weighted by Gasteiger charge is 2.20. The van der Waals surface area contributed by atoms with E-state index in [1.807, 2.05) is 12.5 Å². The Bertz CT molecular complexity index is 498. The van der Waals surface area contributed by atoms with Crippen LogP contribution in [0.25, 0.3) is 5.69 Å². The molecule has 0 saturated carbocycles. The molecule has 1 saturated heterocycles. The van der Waals surface area contributed by atoms with Crippen molar-refractivity contribution in [2.45, 2.75) is 18.9 Å². The van der Waals surface area contributed by atoms with Crippen LogP contribution in [0, 0.1) is 0 Å². The van der Waals surface area contributed by atoms with Crippen LogP contribution >= 0.6 is 15.9 Å². The summed E-state index contributed by atoms with van der Waals surface area (Å²) in [7, 11) is 0. The summed E-state index contributed by atoms with van der Waals surface area (Å²) in [4.78, 5) is 4.28. The van der Waals surface area contributed by atoms with Gasteiger partial charge in [0.05, 0.1) is 18.2 Å². The van der Waals surface area contributed by atoms with Crippen molar-refractivity contribution in [2.75, 3.05) is 6.54 Å². The molecule has 1 aromatic carbocycles. The molecule has 88 valence electrons. The Morgan fingerprint density at radius 3 is 2.82 bits per heavy atom. The van der Waals surface area contributed by atoms with E-state index in [4.69, 9.17) is 0 Å². The van der Waals surface area contributed by atoms with Gasteiger partial charge in [-0.1, -0.05) is 15.9 Å². The predicted molar refractivity (Wildman–Crippen MR) is 71.2 cm³/mol. The van der Waals surface area contributed by atoms with Crippen LogP contribution in [0.15, 0.2) is 41.3 Å². The zero-order valence-electron chi connectivity index (χ0n) is 9.44. The molecule has 1 fully saturated rings. The Kier molecular flexibility index (Phi) is 2.99. The first-order valence-corrected chi connectivity index (χ1v) is 6.65. The Morgan fingerprint density at radius 1 is 1.29 bits per heavy atom. The molecule has 2 aromatic rings. The van der Waals surface area contributed by atoms with Gasteiger partial charge < -0.3 is 9.88 Å². The zero-order chi connectivity index (χ0) is 11.7. The third-order valence-electron chi connectivity index (χ3n) is 3.19. The normalized spacial score (nSPS) is 19.7. The van der Waals surface area contributed by atoms with Gasteiger partial charge in [-0.05, 0) is 43.7 Å². The van der Waals surface area contributed by atoms with Crippen molar-refractivity contribution in [2.24, 2.45) is 0 Å². The van der Waals surface area contributed by atoms with Crippen LogP contribution in [-0.2, 0) is 0 Å². The molecular weight excluding hydrogens is 278 g/mol. The smallest absolute Gasteiger partial charge is 0.0994 e. The van der Waals surface area contributed by atoms with Crippen LogP contribution < -0.4 is 5.32 Å². The van der Waals surface area contributed by atoms with Gasteiger partial charge in [0, 0.05) is 16.2 Å². The van der Waals surface area contributed by atoms with Crippen molar-refractivity contribution in [3.8, 4) is 5.69 Å². The number of hydrogen-bond acceptors (Lipinski definition) is 2. The maximum absolute atomic E-state index is 4.28. The second kappa shape index (κ2) is 4.63. The lowest BCUT2D eigenvalue weighted by Crippen LogP contribution is -2.16. The first-order chi connectivity index (χ1) is 8.34. The quantitative estimate of drug-likeness (QED) is 0.922. The number of rotatable bonds is 2. The number of imidazole rings is 1. The second-order valence-corrected chi connectivity index (χ2v) is 5.23. The first kappa shape index (κ1) is 11.0. The summed E-state index contributed by atoms with van der Waals surface area (Å²) >= 11 is 3.46. The number of benzene rings is 1. The standard InChI is InChI=1S/C13H14BrN3/c14-10-3-5-11(6-4-10)17-9-15-8-13(17)12-2-1-7-16-12/h3-6,8-9,12,16H,1-2,7H2/t12-/m0/s1. The SMILES string of the molecule is Brc1ccc(-n2cncc2[C@@H]2CCCN2)cc1. The van der Waals surface area contributed by atoms with Crippen LogP contribution in [0.4, 0.5) is 0 Å². The minimum Gasteiger partial charge on any atom is -0.309 e. The summed E-state index contributed by atoms with van der Waals surface area (Å²) < 4.78 is 3.26. The Labute approximate surface area is 109 Å². The van der Waals surface area contributed by atoms with Crippen LogP contribution in [-0.4, -0.2) is 16.1 Å². The molecule has 3 rings (SSSR count). The molecule has 0 spiro atoms. The molecule has 1 aromatic heterocycles. The molecule has 0 bridgehead atoms. The van der Waals surface area contributed by atoms with E-state index in [9.17, 15) is 0 Å². The van der Waals surface area contributed by atoms with Gasteiger partial charge in [0.15, 0.2) is 0 Å². The minimum absolute atomic E-state index is 0.446. The zero-order valence-corrected chi connectivity index (χ0v) is 11.0. The van der Waals surface area contributed by atoms with E-state index in [1.165, 1.54) is 18.5 Å². The van der Waals surface area contributed by atoms with Gasteiger partial charge in [0.25, 0.3) is 0 Å². The molecule has 1 aliphatic rings. The third-order valence-corrected chi connectivity index (χ3v) is 3.72. The summed E-state index contributed by atoms with van der Waals surface area (Å²) in [5.41, 5.74) is 2.42. The molecule has 1 atom stereocenters. The molecule has 2 heterocycles. The Balaban J connectivity index is 1.97. The molecule has 1 N–H and O–H groups in total. The summed E-state index contributed by atoms with van der Waals surface area (Å²) in [6, 6.07) is 8.76. The van der Waals surface area contributed by atoms with Gasteiger partial charge >= 0.3 is 0 Å². The minimum atomic E-state index is 0.446. The average molecular weight is 292 g/mol. The molecule has 0 aliphatic carbocycles. The molecule has 0 unspecified atom stereocenters. The van der Waals surface area contributed by atoms with Crippen molar-refractivity contribution in [1.82, 2.24) is 14.9 Å². The fourth-order valence-electron chi connectivity index (χ4n) is 2.32. The highest BCUT2D eigenvalue weighted by Crippen LogP contribution is 2.25. The topological polar surface area (TPSA) is 29.9 Å². The Hall–Kier alpha value is -1.13. The molecular formula is C13H14BrN3. The highest BCUT2D eigenvalue weighted by atomic mass is 79.9. The van der Waals surface area contributed by atoms with E-state index in [-0.39, 0.29) is 0 Å². The molecule has 1 aliphatic heterocycles. The molecule has 0 amide bonds. The van der Waals surface area contributed by atoms with Crippen LogP contribution in [0.2, 0.25) is 0 Å². The highest BCUT2D eigenvalue weighted by molar-refractivity contribution is 9.10. The van der Waals surface area contributed by atoms with E-state index in [0.717, 1.165) is 16.7 Å². The molecule has 4 heteroatoms. The van der Waals surface area contributed by atoms with Gasteiger partial charge in [0.2, 0.25) is 0 Å². The third kappa shape index (κ3) is 2.15. The van der Waals surface area contributed by atoms with Gasteiger partial charge in [-0.15, -0.1) is 0 Å². The fourth-order valence-corrected chi connectivity index (χ4v) is 2.58. The number of aromatic nitrogens is 2. The number of hydrogen-bond donors (Lipinski definition) is 1. The van der Waals surface area contributed by atoms with Crippen molar-refractivity contribution < 1.29 is 0 Å². The fraction of sp³-hybridized carbons (Fsp3) is 0.308. The summed E-state index contributed by atoms with van der Waals surface area (Å²) in [6.07, 6.45) is 6.29. The van der Waals surface area contributed by atoms with Gasteiger partial charge in [0.1, 0.15) is 0 Å². The van der Waals surface area contributed by atoms with E-state index < -0.39 is 0 Å². The van der Waals surface area contributed by atoms with Crippen LogP contribution in [0.3, 0.4) is 0 Å². The van der Waals surface area contributed by atoms with E-state index in [1.54, 1.807) is 0 Å². The summed E-state index contributed by atoms with van der Waals surface area (Å²) in [5.74, 6) is 0. The summed E-state index contributed by atoms with van der Waals surface area (Å²) in [6.45, 7) is 1.11. The summed E-state index contributed by atoms with van der Waals surface area (Å²) in [5, 5.41) is 3.51. The lowest BCUT2D eigenvalue weighted by atomic mass is 10.1. The van der Waals surface area contributed by atoms with Crippen LogP contribution in [0.1, 0.15) is 24.6 Å². The largest absolute Gasteiger partial charge is 0.309 e. The van der Waals surface area contributed by atoms with Gasteiger partial charge in [-0.2, -0.15) is 0 Å². The van der Waals surface area contributed by atoms with Crippen LogP contribution in [0.5, 0.6) is 0 Å². The van der Waals surface area contributed by atoms with Crippen molar-refractivity contribution >= 4 is 15.9 Å². The van der Waals surface area contributed by atoms with E-state index >= 15 is 0 Å².